The zero-order valence-electron chi connectivity index (χ0n) is 18.3. The second kappa shape index (κ2) is 9.33. The van der Waals surface area contributed by atoms with Gasteiger partial charge in [-0.2, -0.15) is 5.26 Å². The molecule has 2 heterocycles. The molecule has 7 nitrogen and oxygen atoms in total. The maximum absolute atomic E-state index is 8.89. The van der Waals surface area contributed by atoms with Gasteiger partial charge < -0.3 is 4.90 Å². The van der Waals surface area contributed by atoms with E-state index in [0.29, 0.717) is 35.2 Å². The van der Waals surface area contributed by atoms with Crippen molar-refractivity contribution < 1.29 is 0 Å². The molecule has 0 spiro atoms. The third kappa shape index (κ3) is 4.27. The van der Waals surface area contributed by atoms with Gasteiger partial charge in [-0.15, -0.1) is 15.0 Å². The number of halogens is 1. The summed E-state index contributed by atoms with van der Waals surface area (Å²) in [5.74, 6) is 1.51. The third-order valence-corrected chi connectivity index (χ3v) is 5.54. The summed E-state index contributed by atoms with van der Waals surface area (Å²) in [5, 5.41) is 18.7. The number of hydrogen-bond donors (Lipinski definition) is 0. The summed E-state index contributed by atoms with van der Waals surface area (Å²) in [6.45, 7) is 7.71. The molecule has 32 heavy (non-hydrogen) atoms. The SMILES string of the molecule is CCN(CCC#N)c1ccc(/N=C2/C(c3ccccc3Cl)=Nn3nc(C(C)C)nc32)cc1. The van der Waals surface area contributed by atoms with E-state index >= 15 is 0 Å². The molecule has 1 aromatic heterocycles. The molecule has 162 valence electrons. The Labute approximate surface area is 192 Å². The van der Waals surface area contributed by atoms with Gasteiger partial charge in [0, 0.05) is 30.3 Å². The van der Waals surface area contributed by atoms with Crippen LogP contribution in [0.2, 0.25) is 5.02 Å². The predicted octanol–water partition coefficient (Wildman–Crippen LogP) is 5.18. The highest BCUT2D eigenvalue weighted by Crippen LogP contribution is 2.26. The number of anilines is 1. The van der Waals surface area contributed by atoms with E-state index in [4.69, 9.17) is 26.8 Å². The average molecular weight is 446 g/mol. The molecule has 0 saturated carbocycles. The van der Waals surface area contributed by atoms with Crippen molar-refractivity contribution in [2.45, 2.75) is 33.1 Å². The second-order valence-corrected chi connectivity index (χ2v) is 8.14. The first-order valence-corrected chi connectivity index (χ1v) is 11.0. The number of nitriles is 1. The van der Waals surface area contributed by atoms with Gasteiger partial charge in [-0.1, -0.05) is 43.6 Å². The maximum atomic E-state index is 8.89. The Morgan fingerprint density at radius 1 is 1.16 bits per heavy atom. The summed E-state index contributed by atoms with van der Waals surface area (Å²) in [6.07, 6.45) is 0.489. The molecule has 0 unspecified atom stereocenters. The number of nitrogens with zero attached hydrogens (tertiary/aromatic N) is 7. The smallest absolute Gasteiger partial charge is 0.204 e. The van der Waals surface area contributed by atoms with E-state index in [1.807, 2.05) is 62.4 Å². The molecule has 0 bridgehead atoms. The molecule has 0 aliphatic carbocycles. The fourth-order valence-corrected chi connectivity index (χ4v) is 3.71. The Bertz CT molecular complexity index is 1220. The lowest BCUT2D eigenvalue weighted by molar-refractivity contribution is 0.698. The summed E-state index contributed by atoms with van der Waals surface area (Å²) in [4.78, 5) is 13.3. The highest BCUT2D eigenvalue weighted by atomic mass is 35.5. The third-order valence-electron chi connectivity index (χ3n) is 5.21. The lowest BCUT2D eigenvalue weighted by Gasteiger charge is -2.21. The van der Waals surface area contributed by atoms with Crippen LogP contribution in [0.3, 0.4) is 0 Å². The van der Waals surface area contributed by atoms with Crippen LogP contribution >= 0.6 is 11.6 Å². The van der Waals surface area contributed by atoms with Crippen LogP contribution in [0.15, 0.2) is 58.6 Å². The van der Waals surface area contributed by atoms with Gasteiger partial charge in [0.2, 0.25) is 5.82 Å². The van der Waals surface area contributed by atoms with Crippen molar-refractivity contribution in [3.05, 3.63) is 70.8 Å². The summed E-state index contributed by atoms with van der Waals surface area (Å²) in [7, 11) is 0. The van der Waals surface area contributed by atoms with Crippen LogP contribution < -0.4 is 4.90 Å². The summed E-state index contributed by atoms with van der Waals surface area (Å²) in [6, 6.07) is 17.7. The topological polar surface area (TPSA) is 82.5 Å². The molecule has 0 N–H and O–H groups in total. The quantitative estimate of drug-likeness (QED) is 0.501. The first-order valence-electron chi connectivity index (χ1n) is 10.6. The molecule has 0 atom stereocenters. The van der Waals surface area contributed by atoms with Crippen LogP contribution in [0.1, 0.15) is 50.3 Å². The van der Waals surface area contributed by atoms with Crippen molar-refractivity contribution in [2.75, 3.05) is 18.0 Å². The van der Waals surface area contributed by atoms with Crippen molar-refractivity contribution >= 4 is 34.4 Å². The van der Waals surface area contributed by atoms with Crippen molar-refractivity contribution in [3.63, 3.8) is 0 Å². The minimum absolute atomic E-state index is 0.182. The van der Waals surface area contributed by atoms with E-state index in [9.17, 15) is 0 Å². The largest absolute Gasteiger partial charge is 0.371 e. The predicted molar refractivity (Wildman–Crippen MR) is 128 cm³/mol. The zero-order chi connectivity index (χ0) is 22.7. The van der Waals surface area contributed by atoms with E-state index in [1.54, 1.807) is 4.79 Å². The Morgan fingerprint density at radius 3 is 2.56 bits per heavy atom. The fraction of sp³-hybridized carbons (Fsp3) is 0.292. The lowest BCUT2D eigenvalue weighted by atomic mass is 10.1. The van der Waals surface area contributed by atoms with Crippen LogP contribution in [-0.2, 0) is 0 Å². The van der Waals surface area contributed by atoms with E-state index in [-0.39, 0.29) is 5.92 Å². The first kappa shape index (κ1) is 21.7. The summed E-state index contributed by atoms with van der Waals surface area (Å²) in [5.41, 5.74) is 3.92. The molecular formula is C24H24ClN7. The van der Waals surface area contributed by atoms with Gasteiger partial charge in [0.1, 0.15) is 11.4 Å². The Balaban J connectivity index is 1.73. The van der Waals surface area contributed by atoms with Crippen molar-refractivity contribution in [2.24, 2.45) is 10.1 Å². The fourth-order valence-electron chi connectivity index (χ4n) is 3.49. The number of benzene rings is 2. The number of aromatic nitrogens is 3. The normalized spacial score (nSPS) is 13.9. The highest BCUT2D eigenvalue weighted by Gasteiger charge is 2.30. The number of aliphatic imine (C=N–C) groups is 1. The van der Waals surface area contributed by atoms with Crippen molar-refractivity contribution in [3.8, 4) is 6.07 Å². The second-order valence-electron chi connectivity index (χ2n) is 7.73. The molecule has 0 radical (unpaired) electrons. The lowest BCUT2D eigenvalue weighted by Crippen LogP contribution is -2.23. The van der Waals surface area contributed by atoms with E-state index in [2.05, 4.69) is 28.1 Å². The average Bonchev–Trinajstić information content (AvgIpc) is 3.35. The molecule has 0 fully saturated rings. The van der Waals surface area contributed by atoms with Crippen LogP contribution in [-0.4, -0.2) is 39.4 Å². The number of rotatable bonds is 7. The monoisotopic (exact) mass is 445 g/mol. The van der Waals surface area contributed by atoms with Gasteiger partial charge in [-0.3, -0.25) is 0 Å². The van der Waals surface area contributed by atoms with Gasteiger partial charge in [0.25, 0.3) is 0 Å². The molecule has 1 aliphatic rings. The molecule has 1 aliphatic heterocycles. The van der Waals surface area contributed by atoms with Gasteiger partial charge in [0.05, 0.1) is 23.2 Å². The van der Waals surface area contributed by atoms with Gasteiger partial charge >= 0.3 is 0 Å². The maximum Gasteiger partial charge on any atom is 0.204 e. The van der Waals surface area contributed by atoms with E-state index in [0.717, 1.165) is 29.3 Å². The molecule has 8 heteroatoms. The Kier molecular flexibility index (Phi) is 6.33. The number of fused-ring (bicyclic) bond motifs is 1. The first-order chi connectivity index (χ1) is 15.5. The van der Waals surface area contributed by atoms with Gasteiger partial charge in [-0.05, 0) is 37.3 Å². The van der Waals surface area contributed by atoms with E-state index in [1.165, 1.54) is 0 Å². The molecule has 2 aromatic carbocycles. The summed E-state index contributed by atoms with van der Waals surface area (Å²) < 4.78 is 0. The minimum Gasteiger partial charge on any atom is -0.371 e. The Morgan fingerprint density at radius 2 is 1.91 bits per heavy atom. The number of hydrogen-bond acceptors (Lipinski definition) is 6. The summed E-state index contributed by atoms with van der Waals surface area (Å²) >= 11 is 6.46. The van der Waals surface area contributed by atoms with Crippen LogP contribution in [0.4, 0.5) is 11.4 Å². The molecule has 0 saturated heterocycles. The Hall–Kier alpha value is -3.50. The van der Waals surface area contributed by atoms with Crippen LogP contribution in [0.5, 0.6) is 0 Å². The zero-order valence-corrected chi connectivity index (χ0v) is 19.1. The van der Waals surface area contributed by atoms with Crippen LogP contribution in [0.25, 0.3) is 0 Å². The van der Waals surface area contributed by atoms with E-state index < -0.39 is 0 Å². The highest BCUT2D eigenvalue weighted by molar-refractivity contribution is 6.56. The standard InChI is InChI=1S/C24H24ClN7/c1-4-31(15-7-14-26)18-12-10-17(11-13-18)27-22-21(19-8-5-6-9-20(19)25)29-32-24(22)28-23(30-32)16(2)3/h5-6,8-13,16H,4,7,15H2,1-3H3/b27-22-. The molecule has 4 rings (SSSR count). The van der Waals surface area contributed by atoms with Gasteiger partial charge in [0.15, 0.2) is 5.82 Å². The van der Waals surface area contributed by atoms with Crippen LogP contribution in [0, 0.1) is 11.3 Å². The molecule has 0 amide bonds. The van der Waals surface area contributed by atoms with Crippen molar-refractivity contribution in [1.82, 2.24) is 14.9 Å². The molecule has 3 aromatic rings. The molecular weight excluding hydrogens is 422 g/mol. The van der Waals surface area contributed by atoms with Crippen molar-refractivity contribution in [1.29, 1.82) is 5.26 Å². The minimum atomic E-state index is 0.182. The van der Waals surface area contributed by atoms with Gasteiger partial charge in [-0.25, -0.2) is 9.98 Å².